The summed E-state index contributed by atoms with van der Waals surface area (Å²) in [6, 6.07) is 4.53. The zero-order chi connectivity index (χ0) is 10.8. The Labute approximate surface area is 86.6 Å². The predicted octanol–water partition coefficient (Wildman–Crippen LogP) is 1.18. The minimum atomic E-state index is -0.435. The van der Waals surface area contributed by atoms with Gasteiger partial charge in [-0.1, -0.05) is 0 Å². The maximum atomic E-state index is 10.9. The van der Waals surface area contributed by atoms with E-state index in [9.17, 15) is 9.90 Å². The lowest BCUT2D eigenvalue weighted by molar-refractivity contribution is 0.177. The van der Waals surface area contributed by atoms with E-state index in [-0.39, 0.29) is 18.4 Å². The Kier molecular flexibility index (Phi) is 2.37. The molecule has 1 heterocycles. The first-order chi connectivity index (χ1) is 7.20. The van der Waals surface area contributed by atoms with E-state index >= 15 is 0 Å². The van der Waals surface area contributed by atoms with Crippen LogP contribution in [-0.4, -0.2) is 24.9 Å². The fraction of sp³-hybridized carbons (Fsp3) is 0.300. The number of aromatic hydroxyl groups is 1. The van der Waals surface area contributed by atoms with Crippen molar-refractivity contribution >= 4 is 6.09 Å². The Morgan fingerprint density at radius 2 is 2.40 bits per heavy atom. The molecule has 1 saturated heterocycles. The summed E-state index contributed by atoms with van der Waals surface area (Å²) in [6.45, 7) is 0.278. The Balaban J connectivity index is 2.31. The minimum Gasteiger partial charge on any atom is -0.508 e. The number of carbonyl (C=O) groups is 1. The molecule has 0 spiro atoms. The van der Waals surface area contributed by atoms with E-state index in [1.54, 1.807) is 12.1 Å². The van der Waals surface area contributed by atoms with E-state index in [2.05, 4.69) is 5.32 Å². The first-order valence-electron chi connectivity index (χ1n) is 4.51. The number of phenols is 1. The summed E-state index contributed by atoms with van der Waals surface area (Å²) in [5.74, 6) is 0.659. The maximum Gasteiger partial charge on any atom is 0.407 e. The molecule has 1 aromatic rings. The summed E-state index contributed by atoms with van der Waals surface area (Å²) in [4.78, 5) is 10.9. The van der Waals surface area contributed by atoms with Crippen LogP contribution in [0.2, 0.25) is 0 Å². The van der Waals surface area contributed by atoms with Crippen LogP contribution in [0.1, 0.15) is 11.6 Å². The van der Waals surface area contributed by atoms with Gasteiger partial charge >= 0.3 is 6.09 Å². The minimum absolute atomic E-state index is 0.126. The molecule has 0 aliphatic carbocycles. The third-order valence-electron chi connectivity index (χ3n) is 2.27. The van der Waals surface area contributed by atoms with E-state index in [4.69, 9.17) is 9.47 Å². The molecule has 0 bridgehead atoms. The highest BCUT2D eigenvalue weighted by molar-refractivity contribution is 5.70. The second-order valence-corrected chi connectivity index (χ2v) is 3.22. The van der Waals surface area contributed by atoms with E-state index < -0.39 is 6.09 Å². The summed E-state index contributed by atoms with van der Waals surface area (Å²) in [5.41, 5.74) is 0.793. The van der Waals surface area contributed by atoms with Crippen LogP contribution in [0.15, 0.2) is 18.2 Å². The lowest BCUT2D eigenvalue weighted by Crippen LogP contribution is -2.18. The van der Waals surface area contributed by atoms with Crippen LogP contribution < -0.4 is 10.1 Å². The third kappa shape index (κ3) is 1.81. The van der Waals surface area contributed by atoms with Gasteiger partial charge in [0.25, 0.3) is 0 Å². The van der Waals surface area contributed by atoms with E-state index in [0.29, 0.717) is 5.75 Å². The van der Waals surface area contributed by atoms with Crippen LogP contribution in [0.4, 0.5) is 4.79 Å². The summed E-state index contributed by atoms with van der Waals surface area (Å²) in [7, 11) is 1.51. The Hall–Kier alpha value is -1.91. The Morgan fingerprint density at radius 3 is 3.00 bits per heavy atom. The number of amides is 1. The molecule has 1 aliphatic rings. The number of benzene rings is 1. The highest BCUT2D eigenvalue weighted by atomic mass is 16.6. The molecule has 5 heteroatoms. The molecule has 1 amide bonds. The molecule has 2 N–H and O–H groups in total. The van der Waals surface area contributed by atoms with Gasteiger partial charge < -0.3 is 19.9 Å². The number of methoxy groups -OCH3 is 1. The van der Waals surface area contributed by atoms with Crippen LogP contribution in [0.5, 0.6) is 11.5 Å². The second-order valence-electron chi connectivity index (χ2n) is 3.22. The van der Waals surface area contributed by atoms with Crippen LogP contribution in [0.3, 0.4) is 0 Å². The topological polar surface area (TPSA) is 67.8 Å². The molecule has 5 nitrogen and oxygen atoms in total. The molecule has 0 saturated carbocycles. The van der Waals surface area contributed by atoms with Crippen LogP contribution in [0, 0.1) is 0 Å². The number of carbonyl (C=O) groups excluding carboxylic acids is 1. The molecule has 0 radical (unpaired) electrons. The average molecular weight is 209 g/mol. The summed E-state index contributed by atoms with van der Waals surface area (Å²) >= 11 is 0. The average Bonchev–Trinajstić information content (AvgIpc) is 2.64. The SMILES string of the molecule is COc1cc(O)ccc1[C@@H]1COC(=O)N1. The van der Waals surface area contributed by atoms with Crippen molar-refractivity contribution in [2.45, 2.75) is 6.04 Å². The zero-order valence-corrected chi connectivity index (χ0v) is 8.19. The lowest BCUT2D eigenvalue weighted by atomic mass is 10.1. The Bertz CT molecular complexity index is 391. The van der Waals surface area contributed by atoms with Crippen molar-refractivity contribution in [3.8, 4) is 11.5 Å². The number of hydrogen-bond acceptors (Lipinski definition) is 4. The van der Waals surface area contributed by atoms with Gasteiger partial charge in [0.2, 0.25) is 0 Å². The highest BCUT2D eigenvalue weighted by Gasteiger charge is 2.26. The van der Waals surface area contributed by atoms with Gasteiger partial charge in [-0.15, -0.1) is 0 Å². The third-order valence-corrected chi connectivity index (χ3v) is 2.27. The van der Waals surface area contributed by atoms with E-state index in [1.165, 1.54) is 13.2 Å². The van der Waals surface area contributed by atoms with E-state index in [1.807, 2.05) is 0 Å². The number of cyclic esters (lactones) is 1. The van der Waals surface area contributed by atoms with Gasteiger partial charge in [0.05, 0.1) is 13.2 Å². The molecule has 0 unspecified atom stereocenters. The van der Waals surface area contributed by atoms with Crippen molar-refractivity contribution in [2.75, 3.05) is 13.7 Å². The molecule has 1 fully saturated rings. The van der Waals surface area contributed by atoms with Crippen LogP contribution >= 0.6 is 0 Å². The largest absolute Gasteiger partial charge is 0.508 e. The van der Waals surface area contributed by atoms with E-state index in [0.717, 1.165) is 5.56 Å². The van der Waals surface area contributed by atoms with Gasteiger partial charge in [-0.25, -0.2) is 4.79 Å². The van der Waals surface area contributed by atoms with Gasteiger partial charge in [0.15, 0.2) is 0 Å². The van der Waals surface area contributed by atoms with Crippen molar-refractivity contribution in [1.29, 1.82) is 0 Å². The Morgan fingerprint density at radius 1 is 1.60 bits per heavy atom. The number of alkyl carbamates (subject to hydrolysis) is 1. The van der Waals surface area contributed by atoms with Crippen LogP contribution in [-0.2, 0) is 4.74 Å². The highest BCUT2D eigenvalue weighted by Crippen LogP contribution is 2.30. The summed E-state index contributed by atoms with van der Waals surface area (Å²) in [5, 5.41) is 11.9. The molecule has 80 valence electrons. The smallest absolute Gasteiger partial charge is 0.407 e. The number of nitrogens with one attached hydrogen (secondary N) is 1. The van der Waals surface area contributed by atoms with Gasteiger partial charge in [-0.05, 0) is 12.1 Å². The molecule has 1 aliphatic heterocycles. The van der Waals surface area contributed by atoms with Crippen LogP contribution in [0.25, 0.3) is 0 Å². The van der Waals surface area contributed by atoms with Crippen molar-refractivity contribution in [2.24, 2.45) is 0 Å². The van der Waals surface area contributed by atoms with Gasteiger partial charge in [0.1, 0.15) is 18.1 Å². The predicted molar refractivity (Wildman–Crippen MR) is 51.9 cm³/mol. The summed E-state index contributed by atoms with van der Waals surface area (Å²) in [6.07, 6.45) is -0.435. The number of rotatable bonds is 2. The zero-order valence-electron chi connectivity index (χ0n) is 8.19. The normalized spacial score (nSPS) is 19.5. The lowest BCUT2D eigenvalue weighted by Gasteiger charge is -2.12. The molecule has 15 heavy (non-hydrogen) atoms. The first kappa shape index (κ1) is 9.64. The number of phenolic OH excluding ortho intramolecular Hbond substituents is 1. The molecular weight excluding hydrogens is 198 g/mol. The fourth-order valence-electron chi connectivity index (χ4n) is 1.54. The van der Waals surface area contributed by atoms with Gasteiger partial charge in [0, 0.05) is 11.6 Å². The van der Waals surface area contributed by atoms with Crippen molar-refractivity contribution in [3.05, 3.63) is 23.8 Å². The molecule has 1 aromatic carbocycles. The van der Waals surface area contributed by atoms with Gasteiger partial charge in [-0.2, -0.15) is 0 Å². The molecule has 2 rings (SSSR count). The number of ether oxygens (including phenoxy) is 2. The first-order valence-corrected chi connectivity index (χ1v) is 4.51. The van der Waals surface area contributed by atoms with Crippen molar-refractivity contribution in [3.63, 3.8) is 0 Å². The maximum absolute atomic E-state index is 10.9. The molecule has 1 atom stereocenters. The molecule has 0 aromatic heterocycles. The van der Waals surface area contributed by atoms with Crippen molar-refractivity contribution < 1.29 is 19.4 Å². The standard InChI is InChI=1S/C10H11NO4/c1-14-9-4-6(12)2-3-7(9)8-5-15-10(13)11-8/h2-4,8,12H,5H2,1H3,(H,11,13)/t8-/m0/s1. The monoisotopic (exact) mass is 209 g/mol. The fourth-order valence-corrected chi connectivity index (χ4v) is 1.54. The summed E-state index contributed by atoms with van der Waals surface area (Å²) < 4.78 is 9.89. The number of hydrogen-bond donors (Lipinski definition) is 2. The second kappa shape index (κ2) is 3.68. The molecular formula is C10H11NO4. The van der Waals surface area contributed by atoms with Crippen molar-refractivity contribution in [1.82, 2.24) is 5.32 Å². The van der Waals surface area contributed by atoms with Gasteiger partial charge in [-0.3, -0.25) is 0 Å². The quantitative estimate of drug-likeness (QED) is 0.767.